The second-order valence-corrected chi connectivity index (χ2v) is 7.68. The van der Waals surface area contributed by atoms with Crippen LogP contribution in [0.3, 0.4) is 0 Å². The van der Waals surface area contributed by atoms with E-state index in [4.69, 9.17) is 0 Å². The van der Waals surface area contributed by atoms with Crippen molar-refractivity contribution in [3.8, 4) is 0 Å². The van der Waals surface area contributed by atoms with Gasteiger partial charge < -0.3 is 0 Å². The number of hydrogen-bond acceptors (Lipinski definition) is 4. The van der Waals surface area contributed by atoms with Gasteiger partial charge in [-0.25, -0.2) is 16.8 Å². The number of alkyl halides is 4. The van der Waals surface area contributed by atoms with Crippen LogP contribution in [0.5, 0.6) is 0 Å². The molecule has 0 spiro atoms. The zero-order valence-corrected chi connectivity index (χ0v) is 8.88. The van der Waals surface area contributed by atoms with Gasteiger partial charge in [0.1, 0.15) is 5.92 Å². The first-order valence-corrected chi connectivity index (χ1v) is 6.87. The Morgan fingerprint density at radius 3 is 1.47 bits per heavy atom. The molecule has 0 saturated carbocycles. The van der Waals surface area contributed by atoms with E-state index in [0.29, 0.717) is 0 Å². The van der Waals surface area contributed by atoms with Gasteiger partial charge in [0.25, 0.3) is 0 Å². The lowest BCUT2D eigenvalue weighted by molar-refractivity contribution is -0.0762. The fourth-order valence-electron chi connectivity index (χ4n) is 1.10. The van der Waals surface area contributed by atoms with E-state index in [0.717, 1.165) is 0 Å². The minimum absolute atomic E-state index is 0.189. The molecule has 1 aliphatic heterocycles. The van der Waals surface area contributed by atoms with Crippen LogP contribution in [0.2, 0.25) is 0 Å². The molecule has 0 amide bonds. The Morgan fingerprint density at radius 2 is 1.20 bits per heavy atom. The summed E-state index contributed by atoms with van der Waals surface area (Å²) in [5.41, 5.74) is 0. The van der Waals surface area contributed by atoms with Gasteiger partial charge in [0.15, 0.2) is 5.08 Å². The molecule has 0 aliphatic carbocycles. The van der Waals surface area contributed by atoms with Crippen LogP contribution in [-0.2, 0) is 19.7 Å². The summed E-state index contributed by atoms with van der Waals surface area (Å²) >= 11 is 0. The predicted octanol–water partition coefficient (Wildman–Crippen LogP) is 0.609. The van der Waals surface area contributed by atoms with Gasteiger partial charge in [0, 0.05) is 0 Å². The Bertz CT molecular complexity index is 433. The van der Waals surface area contributed by atoms with E-state index < -0.39 is 41.2 Å². The molecule has 90 valence electrons. The Kier molecular flexibility index (Phi) is 2.41. The van der Waals surface area contributed by atoms with Gasteiger partial charge in [-0.05, 0) is 6.92 Å². The topological polar surface area (TPSA) is 68.3 Å². The zero-order chi connectivity index (χ0) is 12.3. The molecule has 0 aromatic rings. The zero-order valence-electron chi connectivity index (χ0n) is 7.25. The molecule has 1 rings (SSSR count). The minimum Gasteiger partial charge on any atom is -0.222 e. The van der Waals surface area contributed by atoms with Crippen LogP contribution in [0.15, 0.2) is 0 Å². The fraction of sp³-hybridized carbons (Fsp3) is 1.00. The lowest BCUT2D eigenvalue weighted by Crippen LogP contribution is -2.57. The molecule has 10 heteroatoms. The number of hydrogen-bond donors (Lipinski definition) is 0. The first kappa shape index (κ1) is 12.7. The maximum Gasteiger partial charge on any atom is 0.355 e. The van der Waals surface area contributed by atoms with Crippen molar-refractivity contribution >= 4 is 19.7 Å². The normalized spacial score (nSPS) is 32.3. The summed E-state index contributed by atoms with van der Waals surface area (Å²) in [6, 6.07) is 0. The van der Waals surface area contributed by atoms with Crippen molar-refractivity contribution in [2.24, 2.45) is 5.92 Å². The molecule has 0 aromatic carbocycles. The standard InChI is InChI=1S/C5H6F4O4S2/c1-3-4(6,7)14(10,11)2-15(12,13)5(3,8)9/h3H,2H2,1H3. The smallest absolute Gasteiger partial charge is 0.222 e. The molecule has 0 aromatic heterocycles. The summed E-state index contributed by atoms with van der Waals surface area (Å²) in [6.45, 7) is 0.189. The van der Waals surface area contributed by atoms with E-state index in [1.165, 1.54) is 0 Å². The third kappa shape index (κ3) is 1.45. The summed E-state index contributed by atoms with van der Waals surface area (Å²) < 4.78 is 94.5. The fourth-order valence-corrected chi connectivity index (χ4v) is 5.43. The summed E-state index contributed by atoms with van der Waals surface area (Å²) in [4.78, 5) is 0. The average molecular weight is 270 g/mol. The van der Waals surface area contributed by atoms with Crippen LogP contribution >= 0.6 is 0 Å². The Balaban J connectivity index is 3.51. The van der Waals surface area contributed by atoms with Crippen molar-refractivity contribution in [2.45, 2.75) is 17.4 Å². The second-order valence-electron chi connectivity index (χ2n) is 3.19. The number of sulfone groups is 2. The third-order valence-corrected chi connectivity index (χ3v) is 7.00. The Labute approximate surface area is 83.1 Å². The number of rotatable bonds is 0. The van der Waals surface area contributed by atoms with Crippen molar-refractivity contribution in [2.75, 3.05) is 5.08 Å². The molecule has 1 fully saturated rings. The maximum absolute atomic E-state index is 12.9. The molecular formula is C5H6F4O4S2. The van der Waals surface area contributed by atoms with Crippen LogP contribution in [0.25, 0.3) is 0 Å². The summed E-state index contributed by atoms with van der Waals surface area (Å²) in [7, 11) is -10.8. The highest BCUT2D eigenvalue weighted by molar-refractivity contribution is 8.09. The molecule has 0 atom stereocenters. The molecule has 4 nitrogen and oxygen atoms in total. The predicted molar refractivity (Wildman–Crippen MR) is 41.8 cm³/mol. The molecule has 1 saturated heterocycles. The van der Waals surface area contributed by atoms with Crippen LogP contribution < -0.4 is 0 Å². The van der Waals surface area contributed by atoms with Crippen molar-refractivity contribution in [1.82, 2.24) is 0 Å². The highest BCUT2D eigenvalue weighted by atomic mass is 32.3. The lowest BCUT2D eigenvalue weighted by atomic mass is 10.2. The molecule has 1 heterocycles. The molecular weight excluding hydrogens is 264 g/mol. The third-order valence-electron chi connectivity index (χ3n) is 2.15. The first-order chi connectivity index (χ1) is 6.36. The van der Waals surface area contributed by atoms with E-state index in [2.05, 4.69) is 0 Å². The van der Waals surface area contributed by atoms with Gasteiger partial charge in [-0.1, -0.05) is 0 Å². The maximum atomic E-state index is 12.9. The van der Waals surface area contributed by atoms with Gasteiger partial charge in [-0.3, -0.25) is 0 Å². The van der Waals surface area contributed by atoms with Crippen molar-refractivity contribution in [1.29, 1.82) is 0 Å². The van der Waals surface area contributed by atoms with Crippen molar-refractivity contribution in [3.63, 3.8) is 0 Å². The summed E-state index contributed by atoms with van der Waals surface area (Å²) in [5, 5.41) is -11.7. The van der Waals surface area contributed by atoms with Crippen LogP contribution in [0.4, 0.5) is 17.6 Å². The summed E-state index contributed by atoms with van der Waals surface area (Å²) in [5.74, 6) is -3.09. The van der Waals surface area contributed by atoms with Crippen molar-refractivity contribution < 1.29 is 34.4 Å². The molecule has 0 radical (unpaired) electrons. The first-order valence-electron chi connectivity index (χ1n) is 3.56. The SMILES string of the molecule is CC1C(F)(F)S(=O)(=O)CS(=O)(=O)C1(F)F. The van der Waals surface area contributed by atoms with Gasteiger partial charge >= 0.3 is 10.5 Å². The van der Waals surface area contributed by atoms with E-state index >= 15 is 0 Å². The summed E-state index contributed by atoms with van der Waals surface area (Å²) in [6.07, 6.45) is 0. The van der Waals surface area contributed by atoms with E-state index in [-0.39, 0.29) is 6.92 Å². The van der Waals surface area contributed by atoms with Gasteiger partial charge in [-0.15, -0.1) is 0 Å². The van der Waals surface area contributed by atoms with Gasteiger partial charge in [-0.2, -0.15) is 17.6 Å². The van der Waals surface area contributed by atoms with Crippen LogP contribution in [0, 0.1) is 5.92 Å². The minimum atomic E-state index is -5.39. The van der Waals surface area contributed by atoms with E-state index in [1.54, 1.807) is 0 Å². The average Bonchev–Trinajstić information content (AvgIpc) is 1.98. The molecule has 0 bridgehead atoms. The Morgan fingerprint density at radius 1 is 0.933 bits per heavy atom. The monoisotopic (exact) mass is 270 g/mol. The van der Waals surface area contributed by atoms with Crippen molar-refractivity contribution in [3.05, 3.63) is 0 Å². The van der Waals surface area contributed by atoms with E-state index in [1.807, 2.05) is 0 Å². The Hall–Kier alpha value is -0.380. The number of halogens is 4. The molecule has 1 aliphatic rings. The highest BCUT2D eigenvalue weighted by Gasteiger charge is 2.71. The van der Waals surface area contributed by atoms with E-state index in [9.17, 15) is 34.4 Å². The molecule has 0 N–H and O–H groups in total. The van der Waals surface area contributed by atoms with Crippen LogP contribution in [-0.4, -0.2) is 32.4 Å². The second kappa shape index (κ2) is 2.84. The van der Waals surface area contributed by atoms with Gasteiger partial charge in [0.05, 0.1) is 0 Å². The van der Waals surface area contributed by atoms with Crippen LogP contribution in [0.1, 0.15) is 6.92 Å². The quantitative estimate of drug-likeness (QED) is 0.605. The lowest BCUT2D eigenvalue weighted by Gasteiger charge is -2.34. The highest BCUT2D eigenvalue weighted by Crippen LogP contribution is 2.48. The largest absolute Gasteiger partial charge is 0.355 e. The van der Waals surface area contributed by atoms with Gasteiger partial charge in [0.2, 0.25) is 19.7 Å². The molecule has 0 unspecified atom stereocenters. The molecule has 15 heavy (non-hydrogen) atoms.